The quantitative estimate of drug-likeness (QED) is 0.371. The third-order valence-electron chi connectivity index (χ3n) is 5.59. The summed E-state index contributed by atoms with van der Waals surface area (Å²) in [6.07, 6.45) is 0. The molecule has 1 aliphatic rings. The van der Waals surface area contributed by atoms with E-state index in [-0.39, 0.29) is 36.9 Å². The first-order chi connectivity index (χ1) is 16.4. The maximum absolute atomic E-state index is 12.8. The van der Waals surface area contributed by atoms with Crippen molar-refractivity contribution in [2.75, 3.05) is 31.7 Å². The molecule has 12 heteroatoms. The molecule has 35 heavy (non-hydrogen) atoms. The minimum atomic E-state index is -3.92. The lowest BCUT2D eigenvalue weighted by molar-refractivity contribution is -0.384. The lowest BCUT2D eigenvalue weighted by Crippen LogP contribution is -2.48. The molecule has 2 aromatic carbocycles. The number of allylic oxidation sites excluding steroid dienone is 1. The average Bonchev–Trinajstić information content (AvgIpc) is 2.83. The molecule has 1 fully saturated rings. The van der Waals surface area contributed by atoms with E-state index in [0.29, 0.717) is 0 Å². The number of carbonyl (C=O) groups is 1. The van der Waals surface area contributed by atoms with E-state index in [4.69, 9.17) is 4.74 Å². The van der Waals surface area contributed by atoms with Crippen molar-refractivity contribution in [3.63, 3.8) is 0 Å². The third-order valence-corrected chi connectivity index (χ3v) is 7.48. The summed E-state index contributed by atoms with van der Waals surface area (Å²) in [7, 11) is -3.92. The predicted molar refractivity (Wildman–Crippen MR) is 132 cm³/mol. The van der Waals surface area contributed by atoms with Gasteiger partial charge in [0.2, 0.25) is 10.0 Å². The normalized spacial score (nSPS) is 14.7. The summed E-state index contributed by atoms with van der Waals surface area (Å²) >= 11 is 0. The van der Waals surface area contributed by atoms with Gasteiger partial charge in [0.15, 0.2) is 0 Å². The Labute approximate surface area is 204 Å². The Kier molecular flexibility index (Phi) is 7.78. The zero-order valence-corrected chi connectivity index (χ0v) is 20.6. The first-order valence-electron chi connectivity index (χ1n) is 10.9. The molecule has 0 aromatic heterocycles. The molecular weight excluding hydrogens is 474 g/mol. The number of sulfonamides is 1. The molecule has 0 saturated carbocycles. The Hall–Kier alpha value is -3.48. The van der Waals surface area contributed by atoms with Crippen LogP contribution in [-0.4, -0.2) is 50.0 Å². The molecule has 3 rings (SSSR count). The van der Waals surface area contributed by atoms with E-state index < -0.39 is 32.2 Å². The van der Waals surface area contributed by atoms with Gasteiger partial charge in [0, 0.05) is 19.2 Å². The summed E-state index contributed by atoms with van der Waals surface area (Å²) in [6, 6.07) is 10.4. The number of hydrogen-bond acceptors (Lipinski definition) is 7. The van der Waals surface area contributed by atoms with Crippen LogP contribution in [-0.2, 0) is 20.3 Å². The van der Waals surface area contributed by atoms with E-state index >= 15 is 0 Å². The number of hydrazine groups is 1. The molecule has 11 nitrogen and oxygen atoms in total. The van der Waals surface area contributed by atoms with Crippen LogP contribution < -0.4 is 16.2 Å². The van der Waals surface area contributed by atoms with Crippen LogP contribution in [0.15, 0.2) is 53.9 Å². The average molecular weight is 504 g/mol. The summed E-state index contributed by atoms with van der Waals surface area (Å²) < 4.78 is 32.1. The van der Waals surface area contributed by atoms with Crippen molar-refractivity contribution < 1.29 is 22.9 Å². The molecule has 2 amide bonds. The van der Waals surface area contributed by atoms with Gasteiger partial charge in [-0.1, -0.05) is 30.4 Å². The van der Waals surface area contributed by atoms with Gasteiger partial charge < -0.3 is 10.1 Å². The van der Waals surface area contributed by atoms with Gasteiger partial charge in [0.05, 0.1) is 28.6 Å². The molecule has 0 spiro atoms. The highest BCUT2D eigenvalue weighted by Gasteiger charge is 2.29. The van der Waals surface area contributed by atoms with E-state index in [2.05, 4.69) is 22.7 Å². The van der Waals surface area contributed by atoms with E-state index in [1.807, 2.05) is 45.0 Å². The number of nitrogens with zero attached hydrogens (tertiary/aromatic N) is 2. The molecule has 1 heterocycles. The summed E-state index contributed by atoms with van der Waals surface area (Å²) in [5, 5.41) is 14.4. The molecule has 0 atom stereocenters. The van der Waals surface area contributed by atoms with E-state index in [0.717, 1.165) is 22.8 Å². The Morgan fingerprint density at radius 3 is 2.49 bits per heavy atom. The number of amides is 2. The Morgan fingerprint density at radius 1 is 1.17 bits per heavy atom. The van der Waals surface area contributed by atoms with Crippen LogP contribution in [0, 0.1) is 10.1 Å². The van der Waals surface area contributed by atoms with Crippen molar-refractivity contribution in [3.05, 3.63) is 70.3 Å². The van der Waals surface area contributed by atoms with Gasteiger partial charge in [0.1, 0.15) is 5.69 Å². The molecule has 0 unspecified atom stereocenters. The van der Waals surface area contributed by atoms with Gasteiger partial charge in [-0.2, -0.15) is 4.31 Å². The van der Waals surface area contributed by atoms with Crippen molar-refractivity contribution in [1.29, 1.82) is 0 Å². The highest BCUT2D eigenvalue weighted by molar-refractivity contribution is 7.89. The number of anilines is 1. The zero-order valence-electron chi connectivity index (χ0n) is 19.8. The van der Waals surface area contributed by atoms with E-state index in [9.17, 15) is 23.3 Å². The maximum atomic E-state index is 12.8. The standard InChI is InChI=1S/C23H29N5O6S/c1-16(2)17-6-5-7-18(14-17)23(3,4)24-22(29)26-25-20-9-8-19(15-21(20)28(30)31)35(32,33)27-10-12-34-13-11-27/h5-9,14-15,25H,1,10-13H2,2-4H3,(H2,24,26,29). The number of hydrogen-bond donors (Lipinski definition) is 3. The Morgan fingerprint density at radius 2 is 1.86 bits per heavy atom. The van der Waals surface area contributed by atoms with Crippen molar-refractivity contribution in [2.45, 2.75) is 31.2 Å². The number of benzene rings is 2. The second-order valence-corrected chi connectivity index (χ2v) is 10.6. The monoisotopic (exact) mass is 503 g/mol. The van der Waals surface area contributed by atoms with E-state index in [1.165, 1.54) is 16.4 Å². The first-order valence-corrected chi connectivity index (χ1v) is 12.3. The van der Waals surface area contributed by atoms with Crippen LogP contribution in [0.2, 0.25) is 0 Å². The van der Waals surface area contributed by atoms with Gasteiger partial charge >= 0.3 is 6.03 Å². The van der Waals surface area contributed by atoms with Gasteiger partial charge in [0.25, 0.3) is 5.69 Å². The number of nitrogens with one attached hydrogen (secondary N) is 3. The van der Waals surface area contributed by atoms with Gasteiger partial charge in [-0.05, 0) is 50.1 Å². The van der Waals surface area contributed by atoms with Crippen LogP contribution in [0.5, 0.6) is 0 Å². The SMILES string of the molecule is C=C(C)c1cccc(C(C)(C)NC(=O)NNc2ccc(S(=O)(=O)N3CCOCC3)cc2[N+](=O)[O-])c1. The number of nitro groups is 1. The lowest BCUT2D eigenvalue weighted by Gasteiger charge is -2.28. The number of urea groups is 1. The Balaban J connectivity index is 1.73. The van der Waals surface area contributed by atoms with Crippen LogP contribution in [0.1, 0.15) is 31.9 Å². The van der Waals surface area contributed by atoms with Crippen molar-refractivity contribution in [3.8, 4) is 0 Å². The van der Waals surface area contributed by atoms with Crippen molar-refractivity contribution in [1.82, 2.24) is 15.0 Å². The van der Waals surface area contributed by atoms with Crippen LogP contribution in [0.3, 0.4) is 0 Å². The second kappa shape index (κ2) is 10.4. The minimum Gasteiger partial charge on any atom is -0.379 e. The molecule has 3 N–H and O–H groups in total. The Bertz CT molecular complexity index is 1240. The van der Waals surface area contributed by atoms with Gasteiger partial charge in [-0.3, -0.25) is 21.0 Å². The molecule has 1 saturated heterocycles. The van der Waals surface area contributed by atoms with Crippen molar-refractivity contribution >= 4 is 33.0 Å². The zero-order chi connectivity index (χ0) is 25.8. The fourth-order valence-corrected chi connectivity index (χ4v) is 4.98. The first kappa shape index (κ1) is 26.1. The number of ether oxygens (including phenoxy) is 1. The van der Waals surface area contributed by atoms with Crippen LogP contribution in [0.4, 0.5) is 16.2 Å². The highest BCUT2D eigenvalue weighted by Crippen LogP contribution is 2.29. The van der Waals surface area contributed by atoms with Crippen LogP contribution in [0.25, 0.3) is 5.57 Å². The molecular formula is C23H29N5O6S. The number of nitro benzene ring substituents is 1. The van der Waals surface area contributed by atoms with Crippen molar-refractivity contribution in [2.24, 2.45) is 0 Å². The molecule has 0 radical (unpaired) electrons. The summed E-state index contributed by atoms with van der Waals surface area (Å²) in [4.78, 5) is 23.3. The predicted octanol–water partition coefficient (Wildman–Crippen LogP) is 3.21. The highest BCUT2D eigenvalue weighted by atomic mass is 32.2. The molecule has 0 aliphatic carbocycles. The molecule has 188 valence electrons. The summed E-state index contributed by atoms with van der Waals surface area (Å²) in [6.45, 7) is 10.3. The fraction of sp³-hybridized carbons (Fsp3) is 0.348. The minimum absolute atomic E-state index is 0.0619. The third kappa shape index (κ3) is 6.15. The summed E-state index contributed by atoms with van der Waals surface area (Å²) in [5.41, 5.74) is 6.25. The smallest absolute Gasteiger partial charge is 0.334 e. The van der Waals surface area contributed by atoms with E-state index in [1.54, 1.807) is 0 Å². The number of morpholine rings is 1. The second-order valence-electron chi connectivity index (χ2n) is 8.64. The largest absolute Gasteiger partial charge is 0.379 e. The molecule has 2 aromatic rings. The molecule has 1 aliphatic heterocycles. The molecule has 0 bridgehead atoms. The fourth-order valence-electron chi connectivity index (χ4n) is 3.55. The topological polar surface area (TPSA) is 143 Å². The summed E-state index contributed by atoms with van der Waals surface area (Å²) in [5.74, 6) is 0. The van der Waals surface area contributed by atoms with Gasteiger partial charge in [-0.25, -0.2) is 13.2 Å². The number of carbonyl (C=O) groups excluding carboxylic acids is 1. The maximum Gasteiger partial charge on any atom is 0.334 e. The number of rotatable bonds is 8. The van der Waals surface area contributed by atoms with Crippen LogP contribution >= 0.6 is 0 Å². The lowest BCUT2D eigenvalue weighted by atomic mass is 9.92. The van der Waals surface area contributed by atoms with Gasteiger partial charge in [-0.15, -0.1) is 0 Å².